The van der Waals surface area contributed by atoms with Crippen LogP contribution in [-0.2, 0) is 0 Å². The number of rotatable bonds is 6. The number of carbonyl (C=O) groups excluding carboxylic acids is 1. The molecule has 2 amide bonds. The highest BCUT2D eigenvalue weighted by atomic mass is 16.5. The molecule has 1 fully saturated rings. The lowest BCUT2D eigenvalue weighted by Gasteiger charge is -2.25. The molecule has 1 saturated heterocycles. The van der Waals surface area contributed by atoms with Gasteiger partial charge in [0.25, 0.3) is 0 Å². The fourth-order valence-corrected chi connectivity index (χ4v) is 2.63. The summed E-state index contributed by atoms with van der Waals surface area (Å²) in [6.07, 6.45) is 3.30. The molecule has 1 aromatic rings. The van der Waals surface area contributed by atoms with Crippen molar-refractivity contribution in [1.82, 2.24) is 10.2 Å². The molecule has 1 aromatic carbocycles. The van der Waals surface area contributed by atoms with Crippen molar-refractivity contribution in [3.63, 3.8) is 0 Å². The molecule has 0 spiro atoms. The normalized spacial score (nSPS) is 17.5. The molecular formula is C16H25N3O2. The van der Waals surface area contributed by atoms with Crippen LogP contribution in [0.4, 0.5) is 10.5 Å². The van der Waals surface area contributed by atoms with Gasteiger partial charge in [-0.05, 0) is 37.9 Å². The van der Waals surface area contributed by atoms with Crippen molar-refractivity contribution >= 4 is 11.7 Å². The summed E-state index contributed by atoms with van der Waals surface area (Å²) in [5.74, 6) is 0.743. The van der Waals surface area contributed by atoms with E-state index in [4.69, 9.17) is 4.74 Å². The van der Waals surface area contributed by atoms with Gasteiger partial charge in [-0.1, -0.05) is 13.0 Å². The van der Waals surface area contributed by atoms with Crippen LogP contribution in [0.15, 0.2) is 24.3 Å². The molecular weight excluding hydrogens is 266 g/mol. The van der Waals surface area contributed by atoms with Gasteiger partial charge in [-0.25, -0.2) is 4.79 Å². The van der Waals surface area contributed by atoms with Crippen molar-refractivity contribution in [1.29, 1.82) is 0 Å². The maximum atomic E-state index is 12.4. The Kier molecular flexibility index (Phi) is 5.87. The van der Waals surface area contributed by atoms with E-state index >= 15 is 0 Å². The number of amides is 2. The third-order valence-electron chi connectivity index (χ3n) is 3.70. The van der Waals surface area contributed by atoms with Gasteiger partial charge in [-0.3, -0.25) is 0 Å². The van der Waals surface area contributed by atoms with Crippen LogP contribution < -0.4 is 15.4 Å². The number of hydrogen-bond acceptors (Lipinski definition) is 3. The molecule has 0 bridgehead atoms. The first-order valence-electron chi connectivity index (χ1n) is 7.66. The number of nitrogens with one attached hydrogen (secondary N) is 2. The Balaban J connectivity index is 1.96. The predicted octanol–water partition coefficient (Wildman–Crippen LogP) is 2.69. The maximum Gasteiger partial charge on any atom is 0.321 e. The van der Waals surface area contributed by atoms with Gasteiger partial charge in [0.2, 0.25) is 0 Å². The van der Waals surface area contributed by atoms with E-state index in [1.54, 1.807) is 7.11 Å². The van der Waals surface area contributed by atoms with Crippen LogP contribution in [0.25, 0.3) is 0 Å². The highest BCUT2D eigenvalue weighted by molar-refractivity contribution is 5.89. The third kappa shape index (κ3) is 4.63. The van der Waals surface area contributed by atoms with E-state index in [9.17, 15) is 4.79 Å². The van der Waals surface area contributed by atoms with Crippen LogP contribution >= 0.6 is 0 Å². The first kappa shape index (κ1) is 15.6. The Labute approximate surface area is 126 Å². The second-order valence-corrected chi connectivity index (χ2v) is 5.40. The van der Waals surface area contributed by atoms with Gasteiger partial charge in [0.05, 0.1) is 7.11 Å². The summed E-state index contributed by atoms with van der Waals surface area (Å²) in [4.78, 5) is 14.3. The predicted molar refractivity (Wildman–Crippen MR) is 84.9 cm³/mol. The Bertz CT molecular complexity index is 459. The Hall–Kier alpha value is -1.75. The van der Waals surface area contributed by atoms with Crippen LogP contribution in [0.1, 0.15) is 26.2 Å². The lowest BCUT2D eigenvalue weighted by molar-refractivity contribution is 0.206. The highest BCUT2D eigenvalue weighted by Gasteiger charge is 2.21. The van der Waals surface area contributed by atoms with Crippen LogP contribution in [0.5, 0.6) is 5.75 Å². The highest BCUT2D eigenvalue weighted by Crippen LogP contribution is 2.17. The summed E-state index contributed by atoms with van der Waals surface area (Å²) >= 11 is 0. The molecule has 2 N–H and O–H groups in total. The lowest BCUT2D eigenvalue weighted by atomic mass is 10.2. The molecule has 1 aliphatic rings. The number of hydrogen-bond donors (Lipinski definition) is 2. The smallest absolute Gasteiger partial charge is 0.321 e. The summed E-state index contributed by atoms with van der Waals surface area (Å²) in [6, 6.07) is 7.82. The van der Waals surface area contributed by atoms with Crippen LogP contribution in [-0.4, -0.2) is 43.7 Å². The summed E-state index contributed by atoms with van der Waals surface area (Å²) in [5, 5.41) is 6.40. The number of benzene rings is 1. The maximum absolute atomic E-state index is 12.4. The first-order chi connectivity index (χ1) is 10.2. The van der Waals surface area contributed by atoms with Crippen molar-refractivity contribution in [2.75, 3.05) is 32.1 Å². The van der Waals surface area contributed by atoms with Crippen molar-refractivity contribution in [3.05, 3.63) is 24.3 Å². The summed E-state index contributed by atoms with van der Waals surface area (Å²) in [6.45, 7) is 4.69. The molecule has 0 saturated carbocycles. The van der Waals surface area contributed by atoms with Crippen LogP contribution in [0.3, 0.4) is 0 Å². The monoisotopic (exact) mass is 291 g/mol. The second kappa shape index (κ2) is 7.88. The Morgan fingerprint density at radius 3 is 3.05 bits per heavy atom. The molecule has 1 unspecified atom stereocenters. The zero-order chi connectivity index (χ0) is 15.1. The van der Waals surface area contributed by atoms with E-state index in [1.807, 2.05) is 29.2 Å². The van der Waals surface area contributed by atoms with Gasteiger partial charge < -0.3 is 20.3 Å². The van der Waals surface area contributed by atoms with E-state index in [1.165, 1.54) is 6.42 Å². The van der Waals surface area contributed by atoms with Crippen LogP contribution in [0.2, 0.25) is 0 Å². The molecule has 21 heavy (non-hydrogen) atoms. The van der Waals surface area contributed by atoms with E-state index in [0.29, 0.717) is 6.04 Å². The van der Waals surface area contributed by atoms with E-state index in [2.05, 4.69) is 17.6 Å². The zero-order valence-corrected chi connectivity index (χ0v) is 12.9. The number of nitrogens with zero attached hydrogens (tertiary/aromatic N) is 1. The number of ether oxygens (including phenoxy) is 1. The van der Waals surface area contributed by atoms with Crippen molar-refractivity contribution < 1.29 is 9.53 Å². The minimum Gasteiger partial charge on any atom is -0.497 e. The average molecular weight is 291 g/mol. The third-order valence-corrected chi connectivity index (χ3v) is 3.70. The molecule has 1 heterocycles. The van der Waals surface area contributed by atoms with E-state index < -0.39 is 0 Å². The molecule has 5 heteroatoms. The van der Waals surface area contributed by atoms with Gasteiger partial charge in [-0.15, -0.1) is 0 Å². The standard InChI is InChI=1S/C16H25N3O2/c1-3-10-19(12-14-7-5-9-17-14)16(20)18-13-6-4-8-15(11-13)21-2/h4,6,8,11,14,17H,3,5,7,9-10,12H2,1-2H3,(H,18,20). The number of methoxy groups -OCH3 is 1. The molecule has 1 aliphatic heterocycles. The molecule has 0 aromatic heterocycles. The fraction of sp³-hybridized carbons (Fsp3) is 0.562. The summed E-state index contributed by atoms with van der Waals surface area (Å²) in [7, 11) is 1.62. The van der Waals surface area contributed by atoms with E-state index in [0.717, 1.165) is 43.9 Å². The quantitative estimate of drug-likeness (QED) is 0.847. The van der Waals surface area contributed by atoms with Crippen molar-refractivity contribution in [2.45, 2.75) is 32.2 Å². The summed E-state index contributed by atoms with van der Waals surface area (Å²) < 4.78 is 5.18. The van der Waals surface area contributed by atoms with E-state index in [-0.39, 0.29) is 6.03 Å². The SMILES string of the molecule is CCCN(CC1CCCN1)C(=O)Nc1cccc(OC)c1. The first-order valence-corrected chi connectivity index (χ1v) is 7.66. The second-order valence-electron chi connectivity index (χ2n) is 5.40. The minimum absolute atomic E-state index is 0.0428. The van der Waals surface area contributed by atoms with Gasteiger partial charge in [0, 0.05) is 30.9 Å². The Morgan fingerprint density at radius 2 is 2.38 bits per heavy atom. The molecule has 2 rings (SSSR count). The molecule has 1 atom stereocenters. The summed E-state index contributed by atoms with van der Waals surface area (Å²) in [5.41, 5.74) is 0.764. The average Bonchev–Trinajstić information content (AvgIpc) is 3.00. The minimum atomic E-state index is -0.0428. The van der Waals surface area contributed by atoms with Crippen LogP contribution in [0, 0.1) is 0 Å². The number of carbonyl (C=O) groups is 1. The number of anilines is 1. The fourth-order valence-electron chi connectivity index (χ4n) is 2.63. The zero-order valence-electron chi connectivity index (χ0n) is 12.9. The Morgan fingerprint density at radius 1 is 1.52 bits per heavy atom. The molecule has 5 nitrogen and oxygen atoms in total. The largest absolute Gasteiger partial charge is 0.497 e. The number of urea groups is 1. The van der Waals surface area contributed by atoms with Gasteiger partial charge in [0.15, 0.2) is 0 Å². The van der Waals surface area contributed by atoms with Gasteiger partial charge >= 0.3 is 6.03 Å². The lowest BCUT2D eigenvalue weighted by Crippen LogP contribution is -2.43. The topological polar surface area (TPSA) is 53.6 Å². The van der Waals surface area contributed by atoms with Crippen molar-refractivity contribution in [2.24, 2.45) is 0 Å². The van der Waals surface area contributed by atoms with Gasteiger partial charge in [0.1, 0.15) is 5.75 Å². The van der Waals surface area contributed by atoms with Gasteiger partial charge in [-0.2, -0.15) is 0 Å². The molecule has 116 valence electrons. The van der Waals surface area contributed by atoms with Crippen molar-refractivity contribution in [3.8, 4) is 5.75 Å². The molecule has 0 radical (unpaired) electrons. The molecule has 0 aliphatic carbocycles.